The van der Waals surface area contributed by atoms with Gasteiger partial charge in [0.2, 0.25) is 5.91 Å². The summed E-state index contributed by atoms with van der Waals surface area (Å²) in [6.45, 7) is 5.78. The molecular formula is C25H29FN4O2S. The summed E-state index contributed by atoms with van der Waals surface area (Å²) in [6, 6.07) is 7.48. The molecule has 0 radical (unpaired) electrons. The van der Waals surface area contributed by atoms with E-state index >= 15 is 0 Å². The van der Waals surface area contributed by atoms with Gasteiger partial charge in [0.25, 0.3) is 0 Å². The first-order chi connectivity index (χ1) is 15.7. The molecule has 8 heteroatoms. The molecule has 1 saturated carbocycles. The fourth-order valence-corrected chi connectivity index (χ4v) is 6.21. The van der Waals surface area contributed by atoms with Gasteiger partial charge in [-0.3, -0.25) is 9.78 Å². The number of aromatic nitrogens is 1. The number of amides is 1. The number of nitrogens with one attached hydrogen (secondary N) is 1. The van der Waals surface area contributed by atoms with Crippen molar-refractivity contribution in [1.82, 2.24) is 10.3 Å². The summed E-state index contributed by atoms with van der Waals surface area (Å²) in [5, 5.41) is 3.82. The largest absolute Gasteiger partial charge is 0.490 e. The molecule has 2 aromatic rings. The van der Waals surface area contributed by atoms with Crippen LogP contribution in [-0.4, -0.2) is 34.0 Å². The number of nitrogens with two attached hydrogens (primary N) is 1. The van der Waals surface area contributed by atoms with Gasteiger partial charge in [-0.25, -0.2) is 9.38 Å². The van der Waals surface area contributed by atoms with E-state index in [0.717, 1.165) is 41.9 Å². The van der Waals surface area contributed by atoms with Crippen molar-refractivity contribution in [2.45, 2.75) is 57.7 Å². The molecule has 4 atom stereocenters. The van der Waals surface area contributed by atoms with Crippen LogP contribution in [0.2, 0.25) is 0 Å². The number of halogens is 1. The molecule has 2 aliphatic heterocycles. The highest BCUT2D eigenvalue weighted by molar-refractivity contribution is 8.14. The van der Waals surface area contributed by atoms with Crippen LogP contribution in [0, 0.1) is 17.2 Å². The first kappa shape index (κ1) is 22.2. The summed E-state index contributed by atoms with van der Waals surface area (Å²) < 4.78 is 20.3. The third-order valence-corrected chi connectivity index (χ3v) is 7.90. The highest BCUT2D eigenvalue weighted by atomic mass is 32.2. The van der Waals surface area contributed by atoms with Crippen LogP contribution in [-0.2, 0) is 10.3 Å². The van der Waals surface area contributed by atoms with Crippen molar-refractivity contribution in [3.8, 4) is 16.9 Å². The van der Waals surface area contributed by atoms with E-state index in [1.54, 1.807) is 18.0 Å². The van der Waals surface area contributed by atoms with Gasteiger partial charge in [-0.1, -0.05) is 38.6 Å². The number of aliphatic imine (C=N–C) groups is 1. The van der Waals surface area contributed by atoms with Gasteiger partial charge in [-0.05, 0) is 43.0 Å². The fraction of sp³-hybridized carbons (Fsp3) is 0.480. The van der Waals surface area contributed by atoms with Crippen molar-refractivity contribution in [2.75, 3.05) is 5.75 Å². The average Bonchev–Trinajstić information content (AvgIpc) is 3.16. The van der Waals surface area contributed by atoms with Crippen molar-refractivity contribution < 1.29 is 13.9 Å². The lowest BCUT2D eigenvalue weighted by atomic mass is 9.67. The fourth-order valence-electron chi connectivity index (χ4n) is 5.18. The van der Waals surface area contributed by atoms with E-state index in [1.165, 1.54) is 12.3 Å². The Bertz CT molecular complexity index is 1130. The minimum atomic E-state index is -0.533. The minimum absolute atomic E-state index is 0.0113. The molecule has 0 saturated heterocycles. The first-order valence-electron chi connectivity index (χ1n) is 11.4. The number of rotatable bonds is 2. The Morgan fingerprint density at radius 2 is 2.06 bits per heavy atom. The molecule has 0 bridgehead atoms. The average molecular weight is 469 g/mol. The van der Waals surface area contributed by atoms with Crippen molar-refractivity contribution in [3.63, 3.8) is 0 Å². The number of carbonyl (C=O) groups excluding carboxylic acids is 1. The second kappa shape index (κ2) is 8.01. The summed E-state index contributed by atoms with van der Waals surface area (Å²) in [7, 11) is 0. The molecule has 174 valence electrons. The number of ether oxygens (including phenoxy) is 1. The molecule has 1 amide bonds. The maximum atomic E-state index is 13.8. The molecule has 1 aliphatic carbocycles. The number of hydrogen-bond donors (Lipinski definition) is 2. The lowest BCUT2D eigenvalue weighted by molar-refractivity contribution is -0.130. The zero-order valence-electron chi connectivity index (χ0n) is 19.1. The maximum absolute atomic E-state index is 13.8. The molecule has 3 N–H and O–H groups in total. The highest BCUT2D eigenvalue weighted by Gasteiger charge is 2.54. The monoisotopic (exact) mass is 468 g/mol. The summed E-state index contributed by atoms with van der Waals surface area (Å²) in [5.74, 6) is 1.29. The summed E-state index contributed by atoms with van der Waals surface area (Å²) in [6.07, 6.45) is 5.35. The Morgan fingerprint density at radius 3 is 2.76 bits per heavy atom. The van der Waals surface area contributed by atoms with Gasteiger partial charge in [0, 0.05) is 40.5 Å². The van der Waals surface area contributed by atoms with E-state index in [2.05, 4.69) is 10.3 Å². The predicted octanol–water partition coefficient (Wildman–Crippen LogP) is 4.24. The minimum Gasteiger partial charge on any atom is -0.490 e. The molecule has 2 unspecified atom stereocenters. The van der Waals surface area contributed by atoms with Gasteiger partial charge < -0.3 is 15.8 Å². The van der Waals surface area contributed by atoms with Crippen LogP contribution in [0.5, 0.6) is 5.75 Å². The SMILES string of the molecule is CC(C)(C)C(=O)NC1CC[C@@H]2Oc3ccc(-c4cncc(F)c4)cc3C3(CSC(N)=N3)[C@H]2C1. The topological polar surface area (TPSA) is 89.6 Å². The van der Waals surface area contributed by atoms with Gasteiger partial charge in [-0.15, -0.1) is 0 Å². The molecule has 33 heavy (non-hydrogen) atoms. The van der Waals surface area contributed by atoms with Gasteiger partial charge in [-0.2, -0.15) is 0 Å². The van der Waals surface area contributed by atoms with E-state index in [0.29, 0.717) is 10.7 Å². The Hall–Kier alpha value is -2.61. The molecule has 1 spiro atoms. The summed E-state index contributed by atoms with van der Waals surface area (Å²) >= 11 is 1.56. The number of fused-ring (bicyclic) bond motifs is 4. The lowest BCUT2D eigenvalue weighted by Crippen LogP contribution is -2.55. The summed E-state index contributed by atoms with van der Waals surface area (Å²) in [4.78, 5) is 21.6. The molecular weight excluding hydrogens is 439 g/mol. The van der Waals surface area contributed by atoms with Crippen LogP contribution in [0.3, 0.4) is 0 Å². The van der Waals surface area contributed by atoms with E-state index < -0.39 is 11.0 Å². The zero-order valence-corrected chi connectivity index (χ0v) is 19.9. The molecule has 3 aliphatic rings. The number of carbonyl (C=O) groups is 1. The molecule has 1 aromatic carbocycles. The zero-order chi connectivity index (χ0) is 23.4. The van der Waals surface area contributed by atoms with E-state index in [9.17, 15) is 9.18 Å². The normalized spacial score (nSPS) is 28.5. The van der Waals surface area contributed by atoms with Crippen LogP contribution in [0.25, 0.3) is 11.1 Å². The number of pyridine rings is 1. The van der Waals surface area contributed by atoms with Crippen LogP contribution < -0.4 is 15.8 Å². The van der Waals surface area contributed by atoms with Gasteiger partial charge in [0.1, 0.15) is 23.2 Å². The molecule has 1 aromatic heterocycles. The quantitative estimate of drug-likeness (QED) is 0.688. The van der Waals surface area contributed by atoms with Crippen LogP contribution in [0.15, 0.2) is 41.7 Å². The Kier molecular flexibility index (Phi) is 5.39. The smallest absolute Gasteiger partial charge is 0.225 e. The molecule has 6 nitrogen and oxygen atoms in total. The first-order valence-corrected chi connectivity index (χ1v) is 12.4. The number of amidine groups is 1. The number of thioether (sulfide) groups is 1. The highest BCUT2D eigenvalue weighted by Crippen LogP contribution is 2.54. The number of benzene rings is 1. The van der Waals surface area contributed by atoms with E-state index in [4.69, 9.17) is 15.5 Å². The number of nitrogens with zero attached hydrogens (tertiary/aromatic N) is 2. The van der Waals surface area contributed by atoms with Crippen molar-refractivity contribution in [1.29, 1.82) is 0 Å². The number of hydrogen-bond acceptors (Lipinski definition) is 6. The van der Waals surface area contributed by atoms with E-state index in [-0.39, 0.29) is 29.8 Å². The van der Waals surface area contributed by atoms with Crippen LogP contribution >= 0.6 is 11.8 Å². The van der Waals surface area contributed by atoms with Crippen molar-refractivity contribution >= 4 is 22.8 Å². The lowest BCUT2D eigenvalue weighted by Gasteiger charge is -2.49. The van der Waals surface area contributed by atoms with Gasteiger partial charge >= 0.3 is 0 Å². The Morgan fingerprint density at radius 1 is 1.24 bits per heavy atom. The third-order valence-electron chi connectivity index (χ3n) is 6.93. The predicted molar refractivity (Wildman–Crippen MR) is 129 cm³/mol. The van der Waals surface area contributed by atoms with E-state index in [1.807, 2.05) is 39.0 Å². The van der Waals surface area contributed by atoms with Gasteiger partial charge in [0.05, 0.1) is 6.20 Å². The van der Waals surface area contributed by atoms with Crippen molar-refractivity contribution in [2.24, 2.45) is 22.1 Å². The second-order valence-corrected chi connectivity index (χ2v) is 11.3. The molecule has 1 fully saturated rings. The van der Waals surface area contributed by atoms with Crippen LogP contribution in [0.4, 0.5) is 4.39 Å². The Balaban J connectivity index is 1.53. The molecule has 5 rings (SSSR count). The standard InChI is InChI=1S/C25H29FN4O2S/c1-24(2,3)22(31)29-17-5-7-21-19(10-17)25(13-33-23(27)30-25)18-9-14(4-6-20(18)32-21)15-8-16(26)12-28-11-15/h4,6,8-9,11-12,17,19,21H,5,7,10,13H2,1-3H3,(H2,27,30)(H,29,31)/t17?,19-,21-,25?/m0/s1. The summed E-state index contributed by atoms with van der Waals surface area (Å²) in [5.41, 5.74) is 7.77. The third kappa shape index (κ3) is 3.98. The Labute approximate surface area is 197 Å². The molecule has 3 heterocycles. The maximum Gasteiger partial charge on any atom is 0.225 e. The van der Waals surface area contributed by atoms with Crippen molar-refractivity contribution in [3.05, 3.63) is 48.0 Å². The van der Waals surface area contributed by atoms with Crippen LogP contribution in [0.1, 0.15) is 45.6 Å². The van der Waals surface area contributed by atoms with Gasteiger partial charge in [0.15, 0.2) is 5.17 Å². The second-order valence-electron chi connectivity index (χ2n) is 10.3.